The van der Waals surface area contributed by atoms with Crippen LogP contribution in [0.25, 0.3) is 11.1 Å². The number of carbonyl (C=O) groups excluding carboxylic acids is 1. The highest BCUT2D eigenvalue weighted by Crippen LogP contribution is 2.40. The predicted molar refractivity (Wildman–Crippen MR) is 116 cm³/mol. The molecule has 3 rings (SSSR count). The van der Waals surface area contributed by atoms with Crippen molar-refractivity contribution >= 4 is 27.9 Å². The van der Waals surface area contributed by atoms with E-state index in [1.54, 1.807) is 12.3 Å². The first-order valence-corrected chi connectivity index (χ1v) is 11.3. The molecule has 2 aromatic heterocycles. The number of ether oxygens (including phenoxy) is 1. The van der Waals surface area contributed by atoms with Gasteiger partial charge in [0.1, 0.15) is 5.82 Å². The molecule has 0 aliphatic carbocycles. The summed E-state index contributed by atoms with van der Waals surface area (Å²) in [6.07, 6.45) is 3.11. The Morgan fingerprint density at radius 1 is 1.35 bits per heavy atom. The van der Waals surface area contributed by atoms with Gasteiger partial charge in [0.25, 0.3) is 0 Å². The lowest BCUT2D eigenvalue weighted by molar-refractivity contribution is 0.213. The van der Waals surface area contributed by atoms with Gasteiger partial charge in [-0.15, -0.1) is 11.3 Å². The summed E-state index contributed by atoms with van der Waals surface area (Å²) in [5.41, 5.74) is 2.63. The first-order chi connectivity index (χ1) is 14.8. The monoisotopic (exact) mass is 456 g/mol. The van der Waals surface area contributed by atoms with Crippen LogP contribution < -0.4 is 4.74 Å². The van der Waals surface area contributed by atoms with E-state index in [0.717, 1.165) is 22.7 Å². The van der Waals surface area contributed by atoms with Gasteiger partial charge in [-0.2, -0.15) is 13.7 Å². The average molecular weight is 457 g/mol. The van der Waals surface area contributed by atoms with Gasteiger partial charge in [0.2, 0.25) is 0 Å². The summed E-state index contributed by atoms with van der Waals surface area (Å²) < 4.78 is 31.4. The maximum Gasteiger partial charge on any atom is 0.455 e. The van der Waals surface area contributed by atoms with Gasteiger partial charge in [-0.05, 0) is 42.5 Å². The molecular weight excluding hydrogens is 436 g/mol. The summed E-state index contributed by atoms with van der Waals surface area (Å²) in [6.45, 7) is 6.54. The summed E-state index contributed by atoms with van der Waals surface area (Å²) in [5.74, 6) is 1.22. The Bertz CT molecular complexity index is 1290. The number of benzene rings is 1. The number of aromatic nitrogens is 2. The normalized spacial score (nSPS) is 10.7. The molecule has 0 saturated carbocycles. The summed E-state index contributed by atoms with van der Waals surface area (Å²) in [7, 11) is -2.89. The van der Waals surface area contributed by atoms with Crippen molar-refractivity contribution in [2.45, 2.75) is 33.7 Å². The summed E-state index contributed by atoms with van der Waals surface area (Å²) >= 11 is 1.26. The van der Waals surface area contributed by atoms with E-state index < -0.39 is 16.6 Å². The fourth-order valence-electron chi connectivity index (χ4n) is 3.10. The van der Waals surface area contributed by atoms with Gasteiger partial charge in [-0.25, -0.2) is 9.78 Å². The quantitative estimate of drug-likeness (QED) is 0.535. The Kier molecular flexibility index (Phi) is 6.99. The third-order valence-electron chi connectivity index (χ3n) is 4.49. The van der Waals surface area contributed by atoms with Crippen LogP contribution in [0.2, 0.25) is 0 Å². The fraction of sp³-hybridized carbons (Fsp3) is 0.286. The molecule has 1 aromatic carbocycles. The smallest absolute Gasteiger partial charge is 0.396 e. The van der Waals surface area contributed by atoms with Crippen LogP contribution in [-0.4, -0.2) is 24.1 Å². The van der Waals surface area contributed by atoms with Crippen molar-refractivity contribution in [3.63, 3.8) is 0 Å². The van der Waals surface area contributed by atoms with Crippen LogP contribution in [0.5, 0.6) is 5.06 Å². The van der Waals surface area contributed by atoms with Crippen molar-refractivity contribution in [3.05, 3.63) is 58.5 Å². The number of nitriles is 1. The molecule has 0 aliphatic heterocycles. The summed E-state index contributed by atoms with van der Waals surface area (Å²) in [5, 5.41) is 9.93. The lowest BCUT2D eigenvalue weighted by atomic mass is 10.00. The standard InChI is InChI=1S/C21H20N4O4S2/c1-13(2)8-18-10-19(20(30-18)29-21(26)24-31(27)28)15-4-5-16(17(9-15)11-22)12-25-7-6-23-14(25)3/h4-7,9-10,13H,8,12H2,1-3H3. The highest BCUT2D eigenvalue weighted by atomic mass is 32.2. The van der Waals surface area contributed by atoms with E-state index in [9.17, 15) is 18.5 Å². The third-order valence-corrected chi connectivity index (χ3v) is 5.83. The van der Waals surface area contributed by atoms with Gasteiger partial charge < -0.3 is 9.30 Å². The number of thiophene rings is 1. The number of carbonyl (C=O) groups is 1. The van der Waals surface area contributed by atoms with Crippen molar-refractivity contribution in [1.82, 2.24) is 9.55 Å². The molecule has 160 valence electrons. The maximum absolute atomic E-state index is 11.8. The zero-order chi connectivity index (χ0) is 22.5. The molecule has 10 heteroatoms. The minimum absolute atomic E-state index is 0.247. The van der Waals surface area contributed by atoms with E-state index in [4.69, 9.17) is 4.74 Å². The van der Waals surface area contributed by atoms with E-state index in [0.29, 0.717) is 29.2 Å². The van der Waals surface area contributed by atoms with E-state index in [2.05, 4.69) is 29.3 Å². The first kappa shape index (κ1) is 22.4. The highest BCUT2D eigenvalue weighted by Gasteiger charge is 2.18. The summed E-state index contributed by atoms with van der Waals surface area (Å²) in [4.78, 5) is 17.0. The number of nitrogens with zero attached hydrogens (tertiary/aromatic N) is 4. The van der Waals surface area contributed by atoms with E-state index in [1.807, 2.05) is 35.9 Å². The number of rotatable bonds is 6. The molecule has 0 atom stereocenters. The average Bonchev–Trinajstić information content (AvgIpc) is 3.27. The second-order valence-corrected chi connectivity index (χ2v) is 8.99. The van der Waals surface area contributed by atoms with E-state index >= 15 is 0 Å². The van der Waals surface area contributed by atoms with Gasteiger partial charge in [-0.3, -0.25) is 0 Å². The largest absolute Gasteiger partial charge is 0.455 e. The van der Waals surface area contributed by atoms with Crippen LogP contribution in [0.1, 0.15) is 35.7 Å². The van der Waals surface area contributed by atoms with Crippen molar-refractivity contribution < 1.29 is 17.9 Å². The molecule has 0 unspecified atom stereocenters. The molecular formula is C21H20N4O4S2. The SMILES string of the molecule is Cc1nccn1Cc1ccc(-c2cc(CC(C)C)sc2OC(=O)N=S(=O)=O)cc1C#N. The molecule has 2 heterocycles. The molecule has 3 aromatic rings. The molecule has 0 N–H and O–H groups in total. The number of hydrogen-bond acceptors (Lipinski definition) is 7. The van der Waals surface area contributed by atoms with Crippen molar-refractivity contribution in [2.24, 2.45) is 10.3 Å². The molecule has 31 heavy (non-hydrogen) atoms. The fourth-order valence-corrected chi connectivity index (χ4v) is 4.49. The van der Waals surface area contributed by atoms with E-state index in [1.165, 1.54) is 11.3 Å². The van der Waals surface area contributed by atoms with Crippen LogP contribution in [0.4, 0.5) is 4.79 Å². The molecule has 0 bridgehead atoms. The lowest BCUT2D eigenvalue weighted by Gasteiger charge is -2.09. The summed E-state index contributed by atoms with van der Waals surface area (Å²) in [6, 6.07) is 9.57. The minimum atomic E-state index is -2.89. The Morgan fingerprint density at radius 3 is 2.74 bits per heavy atom. The zero-order valence-corrected chi connectivity index (χ0v) is 18.8. The molecule has 1 amide bonds. The van der Waals surface area contributed by atoms with E-state index in [-0.39, 0.29) is 5.06 Å². The van der Waals surface area contributed by atoms with Gasteiger partial charge >= 0.3 is 16.6 Å². The molecule has 0 spiro atoms. The molecule has 0 aliphatic rings. The topological polar surface area (TPSA) is 114 Å². The maximum atomic E-state index is 11.8. The van der Waals surface area contributed by atoms with Crippen molar-refractivity contribution in [3.8, 4) is 22.3 Å². The van der Waals surface area contributed by atoms with Crippen LogP contribution in [0.15, 0.2) is 41.0 Å². The first-order valence-electron chi connectivity index (χ1n) is 9.43. The third kappa shape index (κ3) is 5.65. The van der Waals surface area contributed by atoms with Crippen LogP contribution in [0, 0.1) is 24.2 Å². The number of amides is 1. The number of imidazole rings is 1. The zero-order valence-electron chi connectivity index (χ0n) is 17.2. The lowest BCUT2D eigenvalue weighted by Crippen LogP contribution is -2.03. The van der Waals surface area contributed by atoms with Gasteiger partial charge in [0.15, 0.2) is 5.06 Å². The number of hydrogen-bond donors (Lipinski definition) is 0. The van der Waals surface area contributed by atoms with Crippen molar-refractivity contribution in [2.75, 3.05) is 0 Å². The minimum Gasteiger partial charge on any atom is -0.396 e. The molecule has 0 fully saturated rings. The van der Waals surface area contributed by atoms with Gasteiger partial charge in [0, 0.05) is 22.8 Å². The second-order valence-electron chi connectivity index (χ2n) is 7.27. The Hall–Kier alpha value is -3.29. The van der Waals surface area contributed by atoms with Crippen LogP contribution in [0.3, 0.4) is 0 Å². The van der Waals surface area contributed by atoms with Gasteiger partial charge in [0.05, 0.1) is 18.2 Å². The molecule has 0 saturated heterocycles. The highest BCUT2D eigenvalue weighted by molar-refractivity contribution is 7.62. The Balaban J connectivity index is 2.01. The Labute approximate surface area is 185 Å². The second kappa shape index (κ2) is 9.68. The molecule has 8 nitrogen and oxygen atoms in total. The van der Waals surface area contributed by atoms with Crippen molar-refractivity contribution in [1.29, 1.82) is 5.26 Å². The van der Waals surface area contributed by atoms with Gasteiger partial charge in [-0.1, -0.05) is 30.3 Å². The number of aryl methyl sites for hydroxylation is 1. The molecule has 0 radical (unpaired) electrons. The van der Waals surface area contributed by atoms with Crippen LogP contribution in [-0.2, 0) is 23.5 Å². The Morgan fingerprint density at radius 2 is 2.13 bits per heavy atom. The predicted octanol–water partition coefficient (Wildman–Crippen LogP) is 4.60. The van der Waals surface area contributed by atoms with Crippen LogP contribution >= 0.6 is 11.3 Å².